The monoisotopic (exact) mass is 366 g/mol. The highest BCUT2D eigenvalue weighted by Gasteiger charge is 2.26. The van der Waals surface area contributed by atoms with Crippen LogP contribution in [0.1, 0.15) is 47.9 Å². The minimum atomic E-state index is -0.215. The van der Waals surface area contributed by atoms with E-state index in [1.54, 1.807) is 12.4 Å². The Labute approximate surface area is 157 Å². The predicted molar refractivity (Wildman–Crippen MR) is 98.8 cm³/mol. The van der Waals surface area contributed by atoms with Crippen LogP contribution in [0.4, 0.5) is 0 Å². The van der Waals surface area contributed by atoms with E-state index >= 15 is 0 Å². The Bertz CT molecular complexity index is 903. The summed E-state index contributed by atoms with van der Waals surface area (Å²) >= 11 is 0. The summed E-state index contributed by atoms with van der Waals surface area (Å²) in [6, 6.07) is 11.6. The number of nitrogens with one attached hydrogen (secondary N) is 1. The average molecular weight is 366 g/mol. The molecule has 4 rings (SSSR count). The van der Waals surface area contributed by atoms with Crippen molar-refractivity contribution in [1.29, 1.82) is 0 Å². The molecule has 0 spiro atoms. The van der Waals surface area contributed by atoms with E-state index in [2.05, 4.69) is 15.5 Å². The van der Waals surface area contributed by atoms with Crippen molar-refractivity contribution in [2.24, 2.45) is 0 Å². The minimum Gasteiger partial charge on any atom is -0.390 e. The summed E-state index contributed by atoms with van der Waals surface area (Å²) in [5, 5.41) is 16.2. The molecule has 1 saturated carbocycles. The first-order valence-corrected chi connectivity index (χ1v) is 9.19. The van der Waals surface area contributed by atoms with Crippen molar-refractivity contribution in [1.82, 2.24) is 20.0 Å². The van der Waals surface area contributed by atoms with Gasteiger partial charge in [-0.3, -0.25) is 4.79 Å². The van der Waals surface area contributed by atoms with E-state index in [0.717, 1.165) is 31.2 Å². The van der Waals surface area contributed by atoms with Crippen LogP contribution in [-0.4, -0.2) is 31.8 Å². The number of nitrogens with zero attached hydrogens (tertiary/aromatic N) is 3. The Balaban J connectivity index is 1.40. The van der Waals surface area contributed by atoms with Gasteiger partial charge in [-0.15, -0.1) is 0 Å². The van der Waals surface area contributed by atoms with Gasteiger partial charge in [-0.2, -0.15) is 0 Å². The minimum absolute atomic E-state index is 0.0597. The van der Waals surface area contributed by atoms with E-state index in [4.69, 9.17) is 4.52 Å². The fourth-order valence-electron chi connectivity index (χ4n) is 3.61. The first-order chi connectivity index (χ1) is 13.2. The largest absolute Gasteiger partial charge is 0.390 e. The van der Waals surface area contributed by atoms with Crippen LogP contribution in [0.2, 0.25) is 0 Å². The number of hydrogen-bond acceptors (Lipinski definition) is 5. The normalized spacial score (nSPS) is 19.7. The molecule has 0 bridgehead atoms. The maximum absolute atomic E-state index is 12.6. The molecule has 0 radical (unpaired) electrons. The quantitative estimate of drug-likeness (QED) is 0.724. The van der Waals surface area contributed by atoms with Gasteiger partial charge in [0.15, 0.2) is 11.5 Å². The lowest BCUT2D eigenvalue weighted by Gasteiger charge is -2.30. The van der Waals surface area contributed by atoms with Crippen LogP contribution in [0.15, 0.2) is 53.4 Å². The van der Waals surface area contributed by atoms with Gasteiger partial charge < -0.3 is 19.5 Å². The Morgan fingerprint density at radius 2 is 2.15 bits per heavy atom. The number of benzene rings is 1. The molecule has 1 fully saturated rings. The van der Waals surface area contributed by atoms with Gasteiger partial charge in [-0.1, -0.05) is 35.5 Å². The standard InChI is InChI=1S/C20H22N4O3/c25-12-16-11-24(13-21-16)17-8-4-7-15(9-17)22-20(26)18-10-19(27-23-18)14-5-2-1-3-6-14/h1-3,5-6,10-11,13,15,17,25H,4,7-9,12H2,(H,22,26). The molecule has 2 heterocycles. The molecule has 0 aliphatic heterocycles. The molecule has 0 saturated heterocycles. The predicted octanol–water partition coefficient (Wildman–Crippen LogP) is 2.94. The highest BCUT2D eigenvalue weighted by molar-refractivity contribution is 5.93. The second kappa shape index (κ2) is 7.75. The lowest BCUT2D eigenvalue weighted by Crippen LogP contribution is -2.38. The van der Waals surface area contributed by atoms with Crippen LogP contribution >= 0.6 is 0 Å². The number of aromatic nitrogens is 3. The smallest absolute Gasteiger partial charge is 0.273 e. The summed E-state index contributed by atoms with van der Waals surface area (Å²) in [5.41, 5.74) is 1.85. The topological polar surface area (TPSA) is 93.2 Å². The molecule has 2 atom stereocenters. The van der Waals surface area contributed by atoms with E-state index in [-0.39, 0.29) is 24.6 Å². The second-order valence-corrected chi connectivity index (χ2v) is 6.90. The number of imidazole rings is 1. The van der Waals surface area contributed by atoms with Gasteiger partial charge in [-0.25, -0.2) is 4.98 Å². The number of carbonyl (C=O) groups excluding carboxylic acids is 1. The number of amides is 1. The summed E-state index contributed by atoms with van der Waals surface area (Å²) < 4.78 is 7.35. The van der Waals surface area contributed by atoms with E-state index in [0.29, 0.717) is 17.1 Å². The zero-order valence-electron chi connectivity index (χ0n) is 14.9. The van der Waals surface area contributed by atoms with Crippen molar-refractivity contribution in [2.75, 3.05) is 0 Å². The van der Waals surface area contributed by atoms with Gasteiger partial charge in [0, 0.05) is 29.9 Å². The number of aliphatic hydroxyl groups is 1. The molecule has 7 nitrogen and oxygen atoms in total. The Morgan fingerprint density at radius 1 is 1.30 bits per heavy atom. The summed E-state index contributed by atoms with van der Waals surface area (Å²) in [4.78, 5) is 16.7. The molecule has 1 aliphatic rings. The van der Waals surface area contributed by atoms with Crippen LogP contribution in [0.3, 0.4) is 0 Å². The third-order valence-corrected chi connectivity index (χ3v) is 5.02. The van der Waals surface area contributed by atoms with Gasteiger partial charge in [-0.05, 0) is 25.7 Å². The van der Waals surface area contributed by atoms with Crippen LogP contribution in [0, 0.1) is 0 Å². The summed E-state index contributed by atoms with van der Waals surface area (Å²) in [6.07, 6.45) is 7.46. The molecule has 3 aromatic rings. The molecule has 7 heteroatoms. The Hall–Kier alpha value is -2.93. The van der Waals surface area contributed by atoms with Gasteiger partial charge in [0.2, 0.25) is 0 Å². The Morgan fingerprint density at radius 3 is 2.93 bits per heavy atom. The zero-order valence-corrected chi connectivity index (χ0v) is 14.9. The van der Waals surface area contributed by atoms with Crippen molar-refractivity contribution in [3.05, 3.63) is 60.3 Å². The lowest BCUT2D eigenvalue weighted by molar-refractivity contribution is 0.0911. The molecular weight excluding hydrogens is 344 g/mol. The van der Waals surface area contributed by atoms with Gasteiger partial charge in [0.05, 0.1) is 18.6 Å². The zero-order chi connectivity index (χ0) is 18.6. The summed E-state index contributed by atoms with van der Waals surface area (Å²) in [6.45, 7) is -0.0597. The molecule has 27 heavy (non-hydrogen) atoms. The maximum atomic E-state index is 12.6. The van der Waals surface area contributed by atoms with E-state index < -0.39 is 0 Å². The third-order valence-electron chi connectivity index (χ3n) is 5.02. The number of hydrogen-bond donors (Lipinski definition) is 2. The molecule has 2 N–H and O–H groups in total. The summed E-state index contributed by atoms with van der Waals surface area (Å²) in [7, 11) is 0. The van der Waals surface area contributed by atoms with Crippen LogP contribution < -0.4 is 5.32 Å². The van der Waals surface area contributed by atoms with Gasteiger partial charge in [0.25, 0.3) is 5.91 Å². The molecule has 2 unspecified atom stereocenters. The van der Waals surface area contributed by atoms with Crippen molar-refractivity contribution in [3.8, 4) is 11.3 Å². The molecular formula is C20H22N4O3. The highest BCUT2D eigenvalue weighted by atomic mass is 16.5. The number of carbonyl (C=O) groups is 1. The number of aliphatic hydroxyl groups excluding tert-OH is 1. The fourth-order valence-corrected chi connectivity index (χ4v) is 3.61. The van der Waals surface area contributed by atoms with Crippen molar-refractivity contribution in [2.45, 2.75) is 44.4 Å². The van der Waals surface area contributed by atoms with E-state index in [9.17, 15) is 9.90 Å². The first kappa shape index (κ1) is 17.5. The molecule has 1 aromatic carbocycles. The SMILES string of the molecule is O=C(NC1CCCC(n2cnc(CO)c2)C1)c1cc(-c2ccccc2)on1. The van der Waals surface area contributed by atoms with Crippen LogP contribution in [0.5, 0.6) is 0 Å². The van der Waals surface area contributed by atoms with E-state index in [1.807, 2.05) is 41.1 Å². The Kier molecular flexibility index (Phi) is 5.02. The summed E-state index contributed by atoms with van der Waals surface area (Å²) in [5.74, 6) is 0.366. The molecule has 140 valence electrons. The van der Waals surface area contributed by atoms with Gasteiger partial charge >= 0.3 is 0 Å². The maximum Gasteiger partial charge on any atom is 0.273 e. The van der Waals surface area contributed by atoms with E-state index in [1.165, 1.54) is 0 Å². The highest BCUT2D eigenvalue weighted by Crippen LogP contribution is 2.29. The van der Waals surface area contributed by atoms with Crippen molar-refractivity contribution >= 4 is 5.91 Å². The van der Waals surface area contributed by atoms with Gasteiger partial charge in [0.1, 0.15) is 0 Å². The molecule has 1 amide bonds. The molecule has 1 aliphatic carbocycles. The van der Waals surface area contributed by atoms with Crippen molar-refractivity contribution in [3.63, 3.8) is 0 Å². The van der Waals surface area contributed by atoms with Crippen molar-refractivity contribution < 1.29 is 14.4 Å². The third kappa shape index (κ3) is 3.93. The second-order valence-electron chi connectivity index (χ2n) is 6.90. The fraction of sp³-hybridized carbons (Fsp3) is 0.350. The van der Waals surface area contributed by atoms with Crippen LogP contribution in [-0.2, 0) is 6.61 Å². The average Bonchev–Trinajstić information content (AvgIpc) is 3.39. The lowest BCUT2D eigenvalue weighted by atomic mass is 9.90. The first-order valence-electron chi connectivity index (χ1n) is 9.19. The molecule has 2 aromatic heterocycles. The number of rotatable bonds is 5. The van der Waals surface area contributed by atoms with Crippen LogP contribution in [0.25, 0.3) is 11.3 Å².